The Kier molecular flexibility index (Phi) is 3.80. The van der Waals surface area contributed by atoms with E-state index in [1.165, 1.54) is 38.5 Å². The Morgan fingerprint density at radius 3 is 2.15 bits per heavy atom. The van der Waals surface area contributed by atoms with Crippen molar-refractivity contribution >= 4 is 17.7 Å². The summed E-state index contributed by atoms with van der Waals surface area (Å²) in [5.74, 6) is -0.624. The lowest BCUT2D eigenvalue weighted by Gasteiger charge is -2.53. The van der Waals surface area contributed by atoms with Crippen molar-refractivity contribution in [3.05, 3.63) is 30.3 Å². The molecule has 2 fully saturated rings. The summed E-state index contributed by atoms with van der Waals surface area (Å²) in [6.45, 7) is 0. The number of carboxylic acid groups (broad SMARTS) is 1. The Labute approximate surface area is 125 Å². The molecule has 2 saturated carbocycles. The Morgan fingerprint density at radius 1 is 1.00 bits per heavy atom. The van der Waals surface area contributed by atoms with Gasteiger partial charge in [0.1, 0.15) is 4.75 Å². The van der Waals surface area contributed by atoms with Crippen LogP contribution >= 0.6 is 11.8 Å². The maximum absolute atomic E-state index is 11.8. The first-order chi connectivity index (χ1) is 9.64. The molecule has 0 radical (unpaired) electrons. The van der Waals surface area contributed by atoms with Crippen LogP contribution in [0, 0.1) is 5.41 Å². The molecule has 0 amide bonds. The van der Waals surface area contributed by atoms with Crippen molar-refractivity contribution in [1.82, 2.24) is 0 Å². The van der Waals surface area contributed by atoms with Crippen molar-refractivity contribution in [3.8, 4) is 0 Å². The molecule has 1 aromatic carbocycles. The lowest BCUT2D eigenvalue weighted by atomic mass is 9.58. The molecule has 3 rings (SSSR count). The highest BCUT2D eigenvalue weighted by molar-refractivity contribution is 8.01. The van der Waals surface area contributed by atoms with Crippen LogP contribution in [0.1, 0.15) is 51.4 Å². The Balaban J connectivity index is 1.74. The van der Waals surface area contributed by atoms with Crippen LogP contribution in [0.4, 0.5) is 0 Å². The molecule has 1 spiro atoms. The summed E-state index contributed by atoms with van der Waals surface area (Å²) < 4.78 is -0.578. The van der Waals surface area contributed by atoms with E-state index in [9.17, 15) is 9.90 Å². The van der Waals surface area contributed by atoms with Crippen LogP contribution in [0.15, 0.2) is 35.2 Å². The van der Waals surface area contributed by atoms with Gasteiger partial charge in [-0.3, -0.25) is 4.79 Å². The summed E-state index contributed by atoms with van der Waals surface area (Å²) in [7, 11) is 0. The third-order valence-corrected chi connectivity index (χ3v) is 6.29. The summed E-state index contributed by atoms with van der Waals surface area (Å²) in [5.41, 5.74) is 0.330. The monoisotopic (exact) mass is 290 g/mol. The average molecular weight is 290 g/mol. The fourth-order valence-corrected chi connectivity index (χ4v) is 5.56. The highest BCUT2D eigenvalue weighted by Gasteiger charge is 2.59. The Hall–Kier alpha value is -0.960. The molecule has 0 bridgehead atoms. The quantitative estimate of drug-likeness (QED) is 0.874. The van der Waals surface area contributed by atoms with Crippen molar-refractivity contribution in [3.63, 3.8) is 0 Å². The van der Waals surface area contributed by atoms with E-state index < -0.39 is 10.7 Å². The van der Waals surface area contributed by atoms with Crippen molar-refractivity contribution in [2.45, 2.75) is 61.0 Å². The zero-order chi connectivity index (χ0) is 14.1. The minimum Gasteiger partial charge on any atom is -0.480 e. The molecule has 2 nitrogen and oxygen atoms in total. The Morgan fingerprint density at radius 2 is 1.60 bits per heavy atom. The molecule has 3 heteroatoms. The van der Waals surface area contributed by atoms with Crippen molar-refractivity contribution in [2.75, 3.05) is 0 Å². The maximum atomic E-state index is 11.8. The van der Waals surface area contributed by atoms with Gasteiger partial charge in [0.25, 0.3) is 0 Å². The SMILES string of the molecule is O=C(O)C1(Sc2ccccc2)CC2(CCCCCC2)C1. The van der Waals surface area contributed by atoms with E-state index in [1.807, 2.05) is 30.3 Å². The van der Waals surface area contributed by atoms with Crippen LogP contribution in [-0.2, 0) is 4.79 Å². The van der Waals surface area contributed by atoms with Gasteiger partial charge >= 0.3 is 5.97 Å². The standard InChI is InChI=1S/C17H22O2S/c18-15(19)17(20-14-8-4-3-5-9-14)12-16(13-17)10-6-1-2-7-11-16/h3-5,8-9H,1-2,6-7,10-13H2,(H,18,19). The fraction of sp³-hybridized carbons (Fsp3) is 0.588. The molecule has 0 heterocycles. The topological polar surface area (TPSA) is 37.3 Å². The van der Waals surface area contributed by atoms with Gasteiger partial charge in [-0.15, -0.1) is 11.8 Å². The number of hydrogen-bond donors (Lipinski definition) is 1. The van der Waals surface area contributed by atoms with Crippen molar-refractivity contribution in [1.29, 1.82) is 0 Å². The van der Waals surface area contributed by atoms with E-state index in [2.05, 4.69) is 0 Å². The van der Waals surface area contributed by atoms with Gasteiger partial charge < -0.3 is 5.11 Å². The van der Waals surface area contributed by atoms with Crippen LogP contribution in [0.25, 0.3) is 0 Å². The number of aliphatic carboxylic acids is 1. The fourth-order valence-electron chi connectivity index (χ4n) is 3.97. The molecule has 1 N–H and O–H groups in total. The predicted molar refractivity (Wildman–Crippen MR) is 82.0 cm³/mol. The third kappa shape index (κ3) is 2.60. The molecule has 0 unspecified atom stereocenters. The highest BCUT2D eigenvalue weighted by Crippen LogP contribution is 2.62. The van der Waals surface area contributed by atoms with E-state index in [-0.39, 0.29) is 0 Å². The van der Waals surface area contributed by atoms with E-state index >= 15 is 0 Å². The average Bonchev–Trinajstić information content (AvgIpc) is 2.64. The minimum absolute atomic E-state index is 0.330. The van der Waals surface area contributed by atoms with E-state index in [4.69, 9.17) is 0 Å². The summed E-state index contributed by atoms with van der Waals surface area (Å²) in [4.78, 5) is 12.9. The second-order valence-electron chi connectivity index (χ2n) is 6.48. The van der Waals surface area contributed by atoms with Gasteiger partial charge in [0.15, 0.2) is 0 Å². The molecule has 2 aliphatic carbocycles. The number of thioether (sulfide) groups is 1. The molecule has 0 aromatic heterocycles. The molecule has 2 aliphatic rings. The first-order valence-electron chi connectivity index (χ1n) is 7.62. The number of benzene rings is 1. The minimum atomic E-state index is -0.624. The zero-order valence-electron chi connectivity index (χ0n) is 11.8. The Bertz CT molecular complexity index is 467. The molecule has 108 valence electrons. The number of rotatable bonds is 3. The lowest BCUT2D eigenvalue weighted by Crippen LogP contribution is -2.54. The molecule has 1 aromatic rings. The second kappa shape index (κ2) is 5.44. The molecule has 0 saturated heterocycles. The van der Waals surface area contributed by atoms with Gasteiger partial charge in [0, 0.05) is 4.90 Å². The van der Waals surface area contributed by atoms with Crippen molar-refractivity contribution < 1.29 is 9.90 Å². The summed E-state index contributed by atoms with van der Waals surface area (Å²) >= 11 is 1.56. The van der Waals surface area contributed by atoms with E-state index in [0.717, 1.165) is 17.7 Å². The lowest BCUT2D eigenvalue weighted by molar-refractivity contribution is -0.147. The van der Waals surface area contributed by atoms with Crippen LogP contribution < -0.4 is 0 Å². The second-order valence-corrected chi connectivity index (χ2v) is 7.94. The number of hydrogen-bond acceptors (Lipinski definition) is 2. The van der Waals surface area contributed by atoms with Gasteiger partial charge in [0.2, 0.25) is 0 Å². The summed E-state index contributed by atoms with van der Waals surface area (Å²) in [6, 6.07) is 9.99. The molecule has 0 aliphatic heterocycles. The summed E-state index contributed by atoms with van der Waals surface area (Å²) in [6.07, 6.45) is 9.40. The number of carboxylic acids is 1. The molecule has 20 heavy (non-hydrogen) atoms. The van der Waals surface area contributed by atoms with Gasteiger partial charge in [-0.05, 0) is 43.2 Å². The van der Waals surface area contributed by atoms with E-state index in [0.29, 0.717) is 5.41 Å². The molecule has 0 atom stereocenters. The first-order valence-corrected chi connectivity index (χ1v) is 8.43. The van der Waals surface area contributed by atoms with Crippen LogP contribution in [-0.4, -0.2) is 15.8 Å². The largest absolute Gasteiger partial charge is 0.480 e. The third-order valence-electron chi connectivity index (χ3n) is 4.93. The van der Waals surface area contributed by atoms with Crippen LogP contribution in [0.5, 0.6) is 0 Å². The summed E-state index contributed by atoms with van der Waals surface area (Å²) in [5, 5.41) is 9.71. The molecular weight excluding hydrogens is 268 g/mol. The van der Waals surface area contributed by atoms with E-state index in [1.54, 1.807) is 11.8 Å². The van der Waals surface area contributed by atoms with Crippen LogP contribution in [0.3, 0.4) is 0 Å². The van der Waals surface area contributed by atoms with Crippen LogP contribution in [0.2, 0.25) is 0 Å². The first kappa shape index (κ1) is 14.0. The van der Waals surface area contributed by atoms with Gasteiger partial charge in [-0.2, -0.15) is 0 Å². The zero-order valence-corrected chi connectivity index (χ0v) is 12.6. The van der Waals surface area contributed by atoms with Crippen molar-refractivity contribution in [2.24, 2.45) is 5.41 Å². The normalized spacial score (nSPS) is 23.8. The number of carbonyl (C=O) groups is 1. The van der Waals surface area contributed by atoms with Gasteiger partial charge in [0.05, 0.1) is 0 Å². The van der Waals surface area contributed by atoms with Gasteiger partial charge in [-0.1, -0.05) is 43.9 Å². The maximum Gasteiger partial charge on any atom is 0.320 e. The predicted octanol–water partition coefficient (Wildman–Crippen LogP) is 4.74. The molecular formula is C17H22O2S. The highest BCUT2D eigenvalue weighted by atomic mass is 32.2. The smallest absolute Gasteiger partial charge is 0.320 e. The van der Waals surface area contributed by atoms with Gasteiger partial charge in [-0.25, -0.2) is 0 Å².